The molecule has 3 N–H and O–H groups in total. The van der Waals surface area contributed by atoms with Gasteiger partial charge in [0.1, 0.15) is 36.3 Å². The summed E-state index contributed by atoms with van der Waals surface area (Å²) in [5.41, 5.74) is 4.41. The van der Waals surface area contributed by atoms with E-state index in [1.807, 2.05) is 49.1 Å². The fraction of sp³-hybridized carbons (Fsp3) is 0.432. The molecular formula is C37H46ClN2O11S3+. The molecule has 3 aliphatic heterocycles. The normalized spacial score (nSPS) is 19.7. The van der Waals surface area contributed by atoms with Crippen LogP contribution in [0.5, 0.6) is 0 Å². The highest BCUT2D eigenvalue weighted by molar-refractivity contribution is 7.94. The van der Waals surface area contributed by atoms with Gasteiger partial charge in [-0.2, -0.15) is 21.4 Å². The number of hydrogen-bond acceptors (Lipinski definition) is 11. The van der Waals surface area contributed by atoms with E-state index in [1.165, 1.54) is 17.7 Å². The van der Waals surface area contributed by atoms with Crippen molar-refractivity contribution in [1.82, 2.24) is 0 Å². The van der Waals surface area contributed by atoms with E-state index >= 15 is 0 Å². The van der Waals surface area contributed by atoms with Crippen LogP contribution in [0.2, 0.25) is 0 Å². The highest BCUT2D eigenvalue weighted by Crippen LogP contribution is 2.49. The average Bonchev–Trinajstić information content (AvgIpc) is 3.35. The van der Waals surface area contributed by atoms with Gasteiger partial charge in [-0.25, -0.2) is 5.26 Å². The molecule has 13 nitrogen and oxygen atoms in total. The highest BCUT2D eigenvalue weighted by Gasteiger charge is 2.44. The molecule has 2 aromatic carbocycles. The van der Waals surface area contributed by atoms with E-state index in [9.17, 15) is 25.9 Å². The summed E-state index contributed by atoms with van der Waals surface area (Å²) in [5.74, 6) is 1.04. The van der Waals surface area contributed by atoms with Gasteiger partial charge in [0.15, 0.2) is 5.71 Å². The van der Waals surface area contributed by atoms with E-state index in [1.54, 1.807) is 12.1 Å². The third-order valence-electron chi connectivity index (χ3n) is 9.75. The van der Waals surface area contributed by atoms with Gasteiger partial charge >= 0.3 is 0 Å². The molecule has 0 amide bonds. The van der Waals surface area contributed by atoms with Crippen molar-refractivity contribution in [2.45, 2.75) is 69.1 Å². The predicted molar refractivity (Wildman–Crippen MR) is 208 cm³/mol. The number of nitrogens with zero attached hydrogens (tertiary/aromatic N) is 2. The Balaban J connectivity index is 1.48. The molecule has 5 rings (SSSR count). The third-order valence-corrected chi connectivity index (χ3v) is 12.4. The minimum absolute atomic E-state index is 0.208. The van der Waals surface area contributed by atoms with Crippen molar-refractivity contribution in [2.75, 3.05) is 42.7 Å². The summed E-state index contributed by atoms with van der Waals surface area (Å²) in [7, 11) is -8.60. The van der Waals surface area contributed by atoms with Gasteiger partial charge in [-0.3, -0.25) is 9.11 Å². The molecule has 0 unspecified atom stereocenters. The molecule has 0 aromatic heterocycles. The maximum Gasteiger partial charge on any atom is 0.294 e. The maximum atomic E-state index is 12.0. The first kappa shape index (κ1) is 42.0. The van der Waals surface area contributed by atoms with E-state index in [-0.39, 0.29) is 40.7 Å². The zero-order chi connectivity index (χ0) is 39.3. The van der Waals surface area contributed by atoms with Gasteiger partial charge in [0.25, 0.3) is 20.2 Å². The minimum Gasteiger partial charge on any atom is -0.488 e. The first-order valence-corrected chi connectivity index (χ1v) is 21.8. The Morgan fingerprint density at radius 2 is 1.67 bits per heavy atom. The molecule has 0 saturated carbocycles. The quantitative estimate of drug-likeness (QED) is 0.0381. The van der Waals surface area contributed by atoms with Gasteiger partial charge in [-0.05, 0) is 75.1 Å². The van der Waals surface area contributed by atoms with Gasteiger partial charge < -0.3 is 14.4 Å². The summed E-state index contributed by atoms with van der Waals surface area (Å²) in [6, 6.07) is 12.7. The lowest BCUT2D eigenvalue weighted by molar-refractivity contribution is -0.438. The molecule has 0 fully saturated rings. The molecule has 17 heteroatoms. The molecule has 294 valence electrons. The number of allylic oxidation sites excluding steroid dienone is 6. The topological polar surface area (TPSA) is 172 Å². The van der Waals surface area contributed by atoms with E-state index in [4.69, 9.17) is 26.3 Å². The Hall–Kier alpha value is -3.19. The van der Waals surface area contributed by atoms with Crippen LogP contribution in [0.4, 0.5) is 11.4 Å². The summed E-state index contributed by atoms with van der Waals surface area (Å²) in [4.78, 5) is 1.73. The van der Waals surface area contributed by atoms with Crippen molar-refractivity contribution < 1.29 is 54.6 Å². The SMILES string of the molecule is CC1(C)C(/C=C/C2=C(Cl)C(=C/C=C3/N(CCCCS(=O)(=O)O)c4ccc(S(=O)(=O)O)cc4C3(C)C)/OCCO2)=[N+](CCCCSOOO)c2ccccc21. The second kappa shape index (κ2) is 17.3. The summed E-state index contributed by atoms with van der Waals surface area (Å²) >= 11 is 8.04. The second-order valence-electron chi connectivity index (χ2n) is 14.1. The number of hydrogen-bond donors (Lipinski definition) is 3. The fourth-order valence-electron chi connectivity index (χ4n) is 7.08. The number of halogens is 1. The number of para-hydroxylation sites is 1. The standard InChI is InChI=1S/C37H45ClN2O11S3/c1-36(2)27-11-5-6-12-29(27)39(19-7-9-23-52-51-50-41)33(36)17-15-31-35(38)32(49-22-21-48-31)16-18-34-37(3,4)28-25-26(54(45,46)47)13-14-30(28)40(34)20-8-10-24-53(42,43)44/h5-6,11-18,25H,7-10,19-24H2,1-4H3,(H2-,41,42,43,44,45,46,47)/p+1. The number of fused-ring (bicyclic) bond motifs is 2. The average molecular weight is 826 g/mol. The molecule has 54 heavy (non-hydrogen) atoms. The zero-order valence-electron chi connectivity index (χ0n) is 30.5. The van der Waals surface area contributed by atoms with Crippen molar-refractivity contribution in [3.63, 3.8) is 0 Å². The van der Waals surface area contributed by atoms with Crippen molar-refractivity contribution in [3.8, 4) is 0 Å². The van der Waals surface area contributed by atoms with E-state index in [0.29, 0.717) is 41.5 Å². The molecule has 2 aromatic rings. The molecule has 0 saturated heterocycles. The van der Waals surface area contributed by atoms with Crippen LogP contribution < -0.4 is 4.90 Å². The maximum absolute atomic E-state index is 12.0. The first-order valence-electron chi connectivity index (χ1n) is 17.4. The second-order valence-corrected chi connectivity index (χ2v) is 18.2. The van der Waals surface area contributed by atoms with Crippen LogP contribution in [-0.4, -0.2) is 79.3 Å². The van der Waals surface area contributed by atoms with E-state index < -0.39 is 25.7 Å². The Bertz CT molecular complexity index is 2110. The number of anilines is 1. The Morgan fingerprint density at radius 3 is 2.39 bits per heavy atom. The summed E-state index contributed by atoms with van der Waals surface area (Å²) < 4.78 is 84.8. The van der Waals surface area contributed by atoms with Crippen LogP contribution >= 0.6 is 23.6 Å². The minimum atomic E-state index is -4.47. The summed E-state index contributed by atoms with van der Waals surface area (Å²) in [6.07, 6.45) is 9.75. The van der Waals surface area contributed by atoms with Gasteiger partial charge in [0, 0.05) is 65.3 Å². The van der Waals surface area contributed by atoms with Gasteiger partial charge in [0.2, 0.25) is 5.69 Å². The van der Waals surface area contributed by atoms with Crippen LogP contribution in [-0.2, 0) is 49.9 Å². The molecule has 0 radical (unpaired) electrons. The zero-order valence-corrected chi connectivity index (χ0v) is 33.7. The van der Waals surface area contributed by atoms with Crippen LogP contribution in [0.1, 0.15) is 64.5 Å². The molecule has 0 bridgehead atoms. The van der Waals surface area contributed by atoms with Gasteiger partial charge in [0.05, 0.1) is 16.1 Å². The smallest absolute Gasteiger partial charge is 0.294 e. The summed E-state index contributed by atoms with van der Waals surface area (Å²) in [5, 5.41) is 12.3. The summed E-state index contributed by atoms with van der Waals surface area (Å²) in [6.45, 7) is 9.78. The molecule has 3 aliphatic rings. The van der Waals surface area contributed by atoms with Crippen molar-refractivity contribution in [2.24, 2.45) is 0 Å². The molecule has 0 atom stereocenters. The molecule has 3 heterocycles. The number of rotatable bonds is 16. The van der Waals surface area contributed by atoms with Gasteiger partial charge in [-0.15, -0.1) is 4.33 Å². The van der Waals surface area contributed by atoms with Gasteiger partial charge in [-0.1, -0.05) is 48.7 Å². The fourth-order valence-corrected chi connectivity index (χ4v) is 8.83. The highest BCUT2D eigenvalue weighted by atomic mass is 35.5. The molecular weight excluding hydrogens is 780 g/mol. The number of ether oxygens (including phenoxy) is 2. The van der Waals surface area contributed by atoms with Crippen molar-refractivity contribution in [1.29, 1.82) is 0 Å². The van der Waals surface area contributed by atoms with E-state index in [0.717, 1.165) is 48.5 Å². The molecule has 0 spiro atoms. The lowest BCUT2D eigenvalue weighted by atomic mass is 9.81. The third kappa shape index (κ3) is 9.60. The monoisotopic (exact) mass is 825 g/mol. The first-order chi connectivity index (χ1) is 25.5. The number of benzene rings is 2. The largest absolute Gasteiger partial charge is 0.488 e. The van der Waals surface area contributed by atoms with Crippen LogP contribution in [0.3, 0.4) is 0 Å². The van der Waals surface area contributed by atoms with E-state index in [2.05, 4.69) is 39.9 Å². The lowest BCUT2D eigenvalue weighted by Crippen LogP contribution is -2.28. The lowest BCUT2D eigenvalue weighted by Gasteiger charge is -2.27. The van der Waals surface area contributed by atoms with Crippen LogP contribution in [0.15, 0.2) is 93.9 Å². The number of unbranched alkanes of at least 4 members (excludes halogenated alkanes) is 2. The van der Waals surface area contributed by atoms with Crippen molar-refractivity contribution in [3.05, 3.63) is 100 Å². The Kier molecular flexibility index (Phi) is 13.4. The van der Waals surface area contributed by atoms with Crippen LogP contribution in [0.25, 0.3) is 0 Å². The Morgan fingerprint density at radius 1 is 0.926 bits per heavy atom. The van der Waals surface area contributed by atoms with Crippen molar-refractivity contribution >= 4 is 61.0 Å². The molecule has 0 aliphatic carbocycles. The Labute approximate surface area is 326 Å². The predicted octanol–water partition coefficient (Wildman–Crippen LogP) is 7.45. The van der Waals surface area contributed by atoms with Crippen LogP contribution in [0, 0.1) is 0 Å².